The van der Waals surface area contributed by atoms with E-state index in [2.05, 4.69) is 17.2 Å². The summed E-state index contributed by atoms with van der Waals surface area (Å²) in [7, 11) is 1.79. The summed E-state index contributed by atoms with van der Waals surface area (Å²) in [5.41, 5.74) is 6.26. The molecule has 94 valence electrons. The lowest BCUT2D eigenvalue weighted by molar-refractivity contribution is -0.116. The van der Waals surface area contributed by atoms with E-state index in [1.807, 2.05) is 18.3 Å². The van der Waals surface area contributed by atoms with Gasteiger partial charge in [-0.3, -0.25) is 4.79 Å². The molecule has 1 heterocycles. The highest BCUT2D eigenvalue weighted by Gasteiger charge is 2.05. The average molecular weight is 236 g/mol. The molecular weight excluding hydrogens is 216 g/mol. The van der Waals surface area contributed by atoms with Crippen molar-refractivity contribution in [3.8, 4) is 0 Å². The van der Waals surface area contributed by atoms with Crippen molar-refractivity contribution in [2.45, 2.75) is 19.9 Å². The number of carbonyl (C=O) groups is 1. The van der Waals surface area contributed by atoms with E-state index >= 15 is 0 Å². The van der Waals surface area contributed by atoms with Gasteiger partial charge in [-0.15, -0.1) is 0 Å². The molecule has 17 heavy (non-hydrogen) atoms. The summed E-state index contributed by atoms with van der Waals surface area (Å²) in [5, 5.41) is 3.30. The third-order valence-electron chi connectivity index (χ3n) is 2.35. The maximum absolute atomic E-state index is 10.8. The van der Waals surface area contributed by atoms with Gasteiger partial charge in [0.2, 0.25) is 5.91 Å². The van der Waals surface area contributed by atoms with Crippen LogP contribution in [0.15, 0.2) is 18.3 Å². The molecule has 1 aromatic heterocycles. The van der Waals surface area contributed by atoms with E-state index in [0.717, 1.165) is 30.9 Å². The van der Waals surface area contributed by atoms with Gasteiger partial charge in [-0.05, 0) is 24.6 Å². The third-order valence-corrected chi connectivity index (χ3v) is 2.35. The molecule has 0 aliphatic rings. The van der Waals surface area contributed by atoms with E-state index in [9.17, 15) is 4.79 Å². The summed E-state index contributed by atoms with van der Waals surface area (Å²) in [6.07, 6.45) is 2.93. The van der Waals surface area contributed by atoms with Crippen molar-refractivity contribution in [3.63, 3.8) is 0 Å². The van der Waals surface area contributed by atoms with Gasteiger partial charge in [0.15, 0.2) is 0 Å². The van der Waals surface area contributed by atoms with Gasteiger partial charge < -0.3 is 16.0 Å². The minimum atomic E-state index is -0.358. The number of anilines is 1. The molecule has 3 N–H and O–H groups in total. The predicted molar refractivity (Wildman–Crippen MR) is 68.7 cm³/mol. The van der Waals surface area contributed by atoms with E-state index in [1.165, 1.54) is 0 Å². The molecule has 1 aromatic rings. The van der Waals surface area contributed by atoms with Crippen LogP contribution in [0.5, 0.6) is 0 Å². The van der Waals surface area contributed by atoms with Gasteiger partial charge in [0.1, 0.15) is 5.82 Å². The highest BCUT2D eigenvalue weighted by atomic mass is 16.1. The van der Waals surface area contributed by atoms with Crippen molar-refractivity contribution in [2.24, 2.45) is 5.73 Å². The normalized spacial score (nSPS) is 10.2. The first-order chi connectivity index (χ1) is 8.13. The van der Waals surface area contributed by atoms with Crippen LogP contribution in [0.1, 0.15) is 18.9 Å². The molecule has 5 heteroatoms. The van der Waals surface area contributed by atoms with E-state index in [-0.39, 0.29) is 12.5 Å². The number of carbonyl (C=O) groups excluding carboxylic acids is 1. The highest BCUT2D eigenvalue weighted by molar-refractivity contribution is 5.78. The van der Waals surface area contributed by atoms with Gasteiger partial charge >= 0.3 is 0 Å². The fourth-order valence-electron chi connectivity index (χ4n) is 1.47. The number of amides is 1. The first-order valence-electron chi connectivity index (χ1n) is 5.78. The smallest absolute Gasteiger partial charge is 0.236 e. The Morgan fingerprint density at radius 3 is 2.82 bits per heavy atom. The summed E-state index contributed by atoms with van der Waals surface area (Å²) < 4.78 is 0. The lowest BCUT2D eigenvalue weighted by Gasteiger charge is -2.16. The number of rotatable bonds is 7. The fraction of sp³-hybridized carbons (Fsp3) is 0.500. The second-order valence-electron chi connectivity index (χ2n) is 4.02. The molecule has 1 rings (SSSR count). The standard InChI is InChI=1S/C12H20N4O/c1-3-6-14-7-10-4-5-12(15-8-10)16(2)9-11(13)17/h4-5,8,14H,3,6-7,9H2,1-2H3,(H2,13,17). The van der Waals surface area contributed by atoms with Crippen LogP contribution in [-0.2, 0) is 11.3 Å². The number of nitrogens with zero attached hydrogens (tertiary/aromatic N) is 2. The van der Waals surface area contributed by atoms with E-state index in [4.69, 9.17) is 5.73 Å². The van der Waals surface area contributed by atoms with Crippen molar-refractivity contribution < 1.29 is 4.79 Å². The largest absolute Gasteiger partial charge is 0.368 e. The average Bonchev–Trinajstić information content (AvgIpc) is 2.29. The molecule has 0 bridgehead atoms. The SMILES string of the molecule is CCCNCc1ccc(N(C)CC(N)=O)nc1. The molecule has 0 fully saturated rings. The van der Waals surface area contributed by atoms with Crippen LogP contribution in [0.3, 0.4) is 0 Å². The van der Waals surface area contributed by atoms with Crippen LogP contribution < -0.4 is 16.0 Å². The zero-order valence-electron chi connectivity index (χ0n) is 10.4. The van der Waals surface area contributed by atoms with Gasteiger partial charge in [0, 0.05) is 19.8 Å². The summed E-state index contributed by atoms with van der Waals surface area (Å²) in [6.45, 7) is 4.14. The second kappa shape index (κ2) is 6.85. The van der Waals surface area contributed by atoms with Gasteiger partial charge in [-0.2, -0.15) is 0 Å². The second-order valence-corrected chi connectivity index (χ2v) is 4.02. The summed E-state index contributed by atoms with van der Waals surface area (Å²) in [5.74, 6) is 0.394. The lowest BCUT2D eigenvalue weighted by atomic mass is 10.2. The number of nitrogens with one attached hydrogen (secondary N) is 1. The summed E-state index contributed by atoms with van der Waals surface area (Å²) in [6, 6.07) is 3.90. The number of nitrogens with two attached hydrogens (primary N) is 1. The van der Waals surface area contributed by atoms with Crippen molar-refractivity contribution in [2.75, 3.05) is 25.0 Å². The Hall–Kier alpha value is -1.62. The molecule has 0 spiro atoms. The maximum Gasteiger partial charge on any atom is 0.236 e. The number of aromatic nitrogens is 1. The molecule has 0 aliphatic heterocycles. The Kier molecular flexibility index (Phi) is 5.42. The van der Waals surface area contributed by atoms with Gasteiger partial charge in [-0.25, -0.2) is 4.98 Å². The Balaban J connectivity index is 2.52. The molecule has 0 unspecified atom stereocenters. The minimum Gasteiger partial charge on any atom is -0.368 e. The number of likely N-dealkylation sites (N-methyl/N-ethyl adjacent to an activating group) is 1. The van der Waals surface area contributed by atoms with Crippen LogP contribution in [0.2, 0.25) is 0 Å². The molecule has 0 radical (unpaired) electrons. The van der Waals surface area contributed by atoms with E-state index in [1.54, 1.807) is 11.9 Å². The van der Waals surface area contributed by atoms with Crippen LogP contribution in [0, 0.1) is 0 Å². The van der Waals surface area contributed by atoms with Crippen molar-refractivity contribution >= 4 is 11.7 Å². The topological polar surface area (TPSA) is 71.2 Å². The zero-order valence-corrected chi connectivity index (χ0v) is 10.4. The van der Waals surface area contributed by atoms with Crippen LogP contribution >= 0.6 is 0 Å². The van der Waals surface area contributed by atoms with Crippen molar-refractivity contribution in [3.05, 3.63) is 23.9 Å². The number of pyridine rings is 1. The number of hydrogen-bond acceptors (Lipinski definition) is 4. The highest BCUT2D eigenvalue weighted by Crippen LogP contribution is 2.08. The summed E-state index contributed by atoms with van der Waals surface area (Å²) in [4.78, 5) is 16.8. The number of primary amides is 1. The van der Waals surface area contributed by atoms with Gasteiger partial charge in [0.05, 0.1) is 6.54 Å². The number of hydrogen-bond donors (Lipinski definition) is 2. The predicted octanol–water partition coefficient (Wildman–Crippen LogP) is 0.503. The van der Waals surface area contributed by atoms with E-state index < -0.39 is 0 Å². The van der Waals surface area contributed by atoms with Gasteiger partial charge in [-0.1, -0.05) is 13.0 Å². The van der Waals surface area contributed by atoms with Crippen LogP contribution in [0.25, 0.3) is 0 Å². The Bertz CT molecular complexity index is 350. The van der Waals surface area contributed by atoms with Crippen LogP contribution in [0.4, 0.5) is 5.82 Å². The molecule has 0 atom stereocenters. The van der Waals surface area contributed by atoms with Crippen molar-refractivity contribution in [1.29, 1.82) is 0 Å². The van der Waals surface area contributed by atoms with Gasteiger partial charge in [0.25, 0.3) is 0 Å². The van der Waals surface area contributed by atoms with Crippen LogP contribution in [-0.4, -0.2) is 31.0 Å². The quantitative estimate of drug-likeness (QED) is 0.676. The molecule has 0 aromatic carbocycles. The molecule has 0 aliphatic carbocycles. The molecule has 0 saturated heterocycles. The zero-order chi connectivity index (χ0) is 12.7. The monoisotopic (exact) mass is 236 g/mol. The Morgan fingerprint density at radius 1 is 1.53 bits per heavy atom. The molecular formula is C12H20N4O. The van der Waals surface area contributed by atoms with Crippen molar-refractivity contribution in [1.82, 2.24) is 10.3 Å². The third kappa shape index (κ3) is 4.82. The maximum atomic E-state index is 10.8. The lowest BCUT2D eigenvalue weighted by Crippen LogP contribution is -2.31. The Labute approximate surface area is 102 Å². The Morgan fingerprint density at radius 2 is 2.29 bits per heavy atom. The van der Waals surface area contributed by atoms with E-state index in [0.29, 0.717) is 0 Å². The first kappa shape index (κ1) is 13.4. The minimum absolute atomic E-state index is 0.181. The molecule has 5 nitrogen and oxygen atoms in total. The fourth-order valence-corrected chi connectivity index (χ4v) is 1.47. The molecule has 1 amide bonds. The first-order valence-corrected chi connectivity index (χ1v) is 5.78. The molecule has 0 saturated carbocycles. The summed E-state index contributed by atoms with van der Waals surface area (Å²) >= 11 is 0.